The number of nitrogens with one attached hydrogen (secondary N) is 2. The summed E-state index contributed by atoms with van der Waals surface area (Å²) in [4.78, 5) is 45.7. The number of ether oxygens (including phenoxy) is 1. The van der Waals surface area contributed by atoms with Crippen LogP contribution >= 0.6 is 0 Å². The first-order valence-electron chi connectivity index (χ1n) is 13.4. The Morgan fingerprint density at radius 1 is 1.07 bits per heavy atom. The summed E-state index contributed by atoms with van der Waals surface area (Å²) in [6.07, 6.45) is 1.74. The highest BCUT2D eigenvalue weighted by molar-refractivity contribution is 6.06. The number of hydrogen-bond acceptors (Lipinski definition) is 8. The lowest BCUT2D eigenvalue weighted by atomic mass is 10.1. The number of unbranched alkanes of at least 4 members (excludes halogenated alkanes) is 1. The summed E-state index contributed by atoms with van der Waals surface area (Å²) in [5, 5.41) is 18.9. The van der Waals surface area contributed by atoms with E-state index in [1.54, 1.807) is 13.0 Å². The van der Waals surface area contributed by atoms with Gasteiger partial charge in [-0.05, 0) is 84.2 Å². The third kappa shape index (κ3) is 7.27. The van der Waals surface area contributed by atoms with E-state index >= 15 is 0 Å². The molecular formula is C29H34N6O6. The zero-order valence-electron chi connectivity index (χ0n) is 23.7. The van der Waals surface area contributed by atoms with Crippen molar-refractivity contribution >= 4 is 35.0 Å². The minimum Gasteiger partial charge on any atom is -0.478 e. The maximum Gasteiger partial charge on any atom is 0.407 e. The van der Waals surface area contributed by atoms with Gasteiger partial charge in [-0.15, -0.1) is 0 Å². The number of fused-ring (bicyclic) bond motifs is 1. The first-order chi connectivity index (χ1) is 19.4. The Hall–Kier alpha value is -4.74. The van der Waals surface area contributed by atoms with E-state index in [-0.39, 0.29) is 17.2 Å². The van der Waals surface area contributed by atoms with Crippen molar-refractivity contribution in [3.05, 3.63) is 59.4 Å². The third-order valence-electron chi connectivity index (χ3n) is 6.22. The number of nitrogens with zero attached hydrogens (tertiary/aromatic N) is 4. The predicted molar refractivity (Wildman–Crippen MR) is 152 cm³/mol. The molecule has 4 rings (SSSR count). The Bertz CT molecular complexity index is 1570. The second-order valence-electron chi connectivity index (χ2n) is 10.7. The van der Waals surface area contributed by atoms with Crippen LogP contribution in [0, 0.1) is 6.92 Å². The van der Waals surface area contributed by atoms with Crippen LogP contribution in [0.15, 0.2) is 47.0 Å². The molecule has 0 unspecified atom stereocenters. The van der Waals surface area contributed by atoms with Gasteiger partial charge >= 0.3 is 12.1 Å². The maximum atomic E-state index is 13.2. The number of rotatable bonds is 10. The van der Waals surface area contributed by atoms with Crippen LogP contribution in [-0.4, -0.2) is 54.9 Å². The molecule has 4 aromatic rings. The maximum absolute atomic E-state index is 13.2. The van der Waals surface area contributed by atoms with E-state index < -0.39 is 23.6 Å². The number of carbonyl (C=O) groups excluding carboxylic acids is 2. The molecule has 0 saturated carbocycles. The summed E-state index contributed by atoms with van der Waals surface area (Å²) in [7, 11) is 0. The summed E-state index contributed by atoms with van der Waals surface area (Å²) in [5.41, 5.74) is 1.63. The second kappa shape index (κ2) is 12.2. The van der Waals surface area contributed by atoms with Gasteiger partial charge < -0.3 is 24.3 Å². The predicted octanol–water partition coefficient (Wildman–Crippen LogP) is 5.60. The lowest BCUT2D eigenvalue weighted by molar-refractivity contribution is 0.0526. The quantitative estimate of drug-likeness (QED) is 0.209. The van der Waals surface area contributed by atoms with Crippen LogP contribution in [0.3, 0.4) is 0 Å². The van der Waals surface area contributed by atoms with E-state index in [1.165, 1.54) is 18.2 Å². The fourth-order valence-electron chi connectivity index (χ4n) is 4.41. The number of carboxylic acids is 1. The van der Waals surface area contributed by atoms with Gasteiger partial charge in [0.15, 0.2) is 5.82 Å². The van der Waals surface area contributed by atoms with Gasteiger partial charge in [0.1, 0.15) is 5.60 Å². The van der Waals surface area contributed by atoms with Crippen molar-refractivity contribution in [2.75, 3.05) is 11.9 Å². The number of benzene rings is 2. The van der Waals surface area contributed by atoms with Gasteiger partial charge in [0.25, 0.3) is 11.8 Å². The lowest BCUT2D eigenvalue weighted by Gasteiger charge is -2.20. The fraction of sp³-hybridized carbons (Fsp3) is 0.379. The van der Waals surface area contributed by atoms with Crippen molar-refractivity contribution in [3.63, 3.8) is 0 Å². The zero-order chi connectivity index (χ0) is 29.7. The number of para-hydroxylation sites is 1. The van der Waals surface area contributed by atoms with Crippen molar-refractivity contribution in [2.24, 2.45) is 0 Å². The van der Waals surface area contributed by atoms with Gasteiger partial charge in [0, 0.05) is 18.2 Å². The number of aromatic nitrogens is 4. The van der Waals surface area contributed by atoms with Crippen LogP contribution in [0.2, 0.25) is 0 Å². The molecule has 0 bridgehead atoms. The number of anilines is 1. The number of amides is 2. The first kappa shape index (κ1) is 29.2. The Morgan fingerprint density at radius 3 is 2.49 bits per heavy atom. The molecule has 1 atom stereocenters. The molecule has 0 aliphatic rings. The summed E-state index contributed by atoms with van der Waals surface area (Å²) >= 11 is 0. The van der Waals surface area contributed by atoms with E-state index in [0.29, 0.717) is 47.2 Å². The van der Waals surface area contributed by atoms with Gasteiger partial charge in [-0.1, -0.05) is 17.3 Å². The van der Waals surface area contributed by atoms with Gasteiger partial charge in [0.2, 0.25) is 5.95 Å². The fourth-order valence-corrected chi connectivity index (χ4v) is 4.41. The van der Waals surface area contributed by atoms with Gasteiger partial charge in [-0.2, -0.15) is 4.98 Å². The summed E-state index contributed by atoms with van der Waals surface area (Å²) in [6.45, 7) is 9.64. The molecule has 2 aromatic heterocycles. The standard InChI is InChI=1S/C29H34N6O6/c1-17(10-6-7-15-30-28(39)40-29(3,4)5)35-23-21(25-31-18(2)34-41-25)13-9-14-22(23)32-27(35)33-24(36)19-11-8-12-20(16-19)26(37)38/h8-9,11-14,16-17H,6-7,10,15H2,1-5H3,(H,30,39)(H,37,38)(H,32,33,36)/t17-/m0/s1. The van der Waals surface area contributed by atoms with E-state index in [0.717, 1.165) is 12.8 Å². The van der Waals surface area contributed by atoms with Crippen molar-refractivity contribution in [2.45, 2.75) is 65.5 Å². The van der Waals surface area contributed by atoms with Crippen molar-refractivity contribution < 1.29 is 28.8 Å². The SMILES string of the molecule is Cc1noc(-c2cccc3nc(NC(=O)c4cccc(C(=O)O)c4)n([C@@H](C)CCCCNC(=O)OC(C)(C)C)c23)n1. The van der Waals surface area contributed by atoms with E-state index in [9.17, 15) is 19.5 Å². The highest BCUT2D eigenvalue weighted by atomic mass is 16.6. The third-order valence-corrected chi connectivity index (χ3v) is 6.22. The average Bonchev–Trinajstić information content (AvgIpc) is 3.50. The smallest absolute Gasteiger partial charge is 0.407 e. The number of aromatic carboxylic acids is 1. The average molecular weight is 563 g/mol. The largest absolute Gasteiger partial charge is 0.478 e. The Balaban J connectivity index is 1.60. The Morgan fingerprint density at radius 2 is 1.80 bits per heavy atom. The van der Waals surface area contributed by atoms with E-state index in [4.69, 9.17) is 14.2 Å². The molecule has 12 heteroatoms. The molecule has 0 fully saturated rings. The molecule has 0 saturated heterocycles. The molecule has 0 aliphatic carbocycles. The van der Waals surface area contributed by atoms with Crippen LogP contribution in [0.1, 0.15) is 79.5 Å². The Labute approximate surface area is 237 Å². The van der Waals surface area contributed by atoms with Crippen LogP contribution in [0.5, 0.6) is 0 Å². The first-order valence-corrected chi connectivity index (χ1v) is 13.4. The van der Waals surface area contributed by atoms with E-state index in [2.05, 4.69) is 20.8 Å². The minimum absolute atomic E-state index is 0.00793. The zero-order valence-corrected chi connectivity index (χ0v) is 23.7. The molecule has 0 radical (unpaired) electrons. The topological polar surface area (TPSA) is 161 Å². The second-order valence-corrected chi connectivity index (χ2v) is 10.7. The summed E-state index contributed by atoms with van der Waals surface area (Å²) in [5.74, 6) is -0.501. The molecule has 216 valence electrons. The molecule has 2 heterocycles. The summed E-state index contributed by atoms with van der Waals surface area (Å²) < 4.78 is 12.7. The highest BCUT2D eigenvalue weighted by Crippen LogP contribution is 2.34. The normalized spacial score (nSPS) is 12.2. The summed E-state index contributed by atoms with van der Waals surface area (Å²) in [6, 6.07) is 11.2. The number of hydrogen-bond donors (Lipinski definition) is 3. The molecule has 0 spiro atoms. The number of aryl methyl sites for hydroxylation is 1. The van der Waals surface area contributed by atoms with Crippen molar-refractivity contribution in [1.82, 2.24) is 25.0 Å². The number of carboxylic acid groups (broad SMARTS) is 1. The van der Waals surface area contributed by atoms with Gasteiger partial charge in [-0.25, -0.2) is 14.6 Å². The molecule has 41 heavy (non-hydrogen) atoms. The number of imidazole rings is 1. The van der Waals surface area contributed by atoms with E-state index in [1.807, 2.05) is 50.5 Å². The molecule has 2 aromatic carbocycles. The van der Waals surface area contributed by atoms with Crippen LogP contribution in [-0.2, 0) is 4.74 Å². The molecule has 2 amide bonds. The Kier molecular flexibility index (Phi) is 8.70. The molecule has 12 nitrogen and oxygen atoms in total. The monoisotopic (exact) mass is 562 g/mol. The molecular weight excluding hydrogens is 528 g/mol. The molecule has 3 N–H and O–H groups in total. The molecule has 0 aliphatic heterocycles. The van der Waals surface area contributed by atoms with Crippen LogP contribution in [0.25, 0.3) is 22.5 Å². The van der Waals surface area contributed by atoms with Gasteiger partial charge in [0.05, 0.1) is 22.2 Å². The van der Waals surface area contributed by atoms with Crippen LogP contribution in [0.4, 0.5) is 10.7 Å². The van der Waals surface area contributed by atoms with Crippen molar-refractivity contribution in [1.29, 1.82) is 0 Å². The lowest BCUT2D eigenvalue weighted by Crippen LogP contribution is -2.33. The number of alkyl carbamates (subject to hydrolysis) is 1. The number of carbonyl (C=O) groups is 3. The van der Waals surface area contributed by atoms with Crippen LogP contribution < -0.4 is 10.6 Å². The minimum atomic E-state index is -1.12. The highest BCUT2D eigenvalue weighted by Gasteiger charge is 2.23. The van der Waals surface area contributed by atoms with Crippen molar-refractivity contribution in [3.8, 4) is 11.5 Å². The van der Waals surface area contributed by atoms with Gasteiger partial charge in [-0.3, -0.25) is 10.1 Å².